The van der Waals surface area contributed by atoms with Gasteiger partial charge in [-0.25, -0.2) is 9.59 Å². The minimum absolute atomic E-state index is 0.0173. The van der Waals surface area contributed by atoms with Crippen LogP contribution in [0.4, 0.5) is 26.3 Å². The van der Waals surface area contributed by atoms with E-state index in [0.717, 1.165) is 58.8 Å². The van der Waals surface area contributed by atoms with Gasteiger partial charge in [0.2, 0.25) is 0 Å². The second-order valence-electron chi connectivity index (χ2n) is 9.02. The Balaban J connectivity index is 0.000000301. The number of carbonyl (C=O) groups is 3. The van der Waals surface area contributed by atoms with Gasteiger partial charge in [-0.05, 0) is 31.5 Å². The quantitative estimate of drug-likeness (QED) is 0.535. The number of furan rings is 1. The molecule has 0 bridgehead atoms. The van der Waals surface area contributed by atoms with Crippen LogP contribution in [-0.2, 0) is 14.3 Å². The van der Waals surface area contributed by atoms with E-state index in [1.54, 1.807) is 18.4 Å². The van der Waals surface area contributed by atoms with Crippen LogP contribution < -0.4 is 0 Å². The second-order valence-corrected chi connectivity index (χ2v) is 9.02. The molecule has 3 aliphatic heterocycles. The van der Waals surface area contributed by atoms with Gasteiger partial charge in [0.05, 0.1) is 19.0 Å². The van der Waals surface area contributed by atoms with Crippen molar-refractivity contribution in [3.8, 4) is 0 Å². The van der Waals surface area contributed by atoms with Gasteiger partial charge in [0, 0.05) is 51.7 Å². The van der Waals surface area contributed by atoms with Crippen LogP contribution >= 0.6 is 0 Å². The smallest absolute Gasteiger partial charge is 0.475 e. The van der Waals surface area contributed by atoms with Crippen molar-refractivity contribution in [2.24, 2.45) is 11.8 Å². The van der Waals surface area contributed by atoms with Crippen LogP contribution in [0.5, 0.6) is 0 Å². The third kappa shape index (κ3) is 9.47. The maximum absolute atomic E-state index is 12.6. The molecule has 216 valence electrons. The van der Waals surface area contributed by atoms with E-state index in [4.69, 9.17) is 29.0 Å². The van der Waals surface area contributed by atoms with Crippen molar-refractivity contribution < 1.29 is 60.1 Å². The Kier molecular flexibility index (Phi) is 11.0. The summed E-state index contributed by atoms with van der Waals surface area (Å²) >= 11 is 0. The summed E-state index contributed by atoms with van der Waals surface area (Å²) in [6.45, 7) is 7.94. The number of carboxylic acid groups (broad SMARTS) is 2. The first-order valence-corrected chi connectivity index (χ1v) is 11.5. The molecule has 1 amide bonds. The fourth-order valence-corrected chi connectivity index (χ4v) is 4.24. The highest BCUT2D eigenvalue weighted by molar-refractivity contribution is 5.91. The molecule has 3 saturated heterocycles. The van der Waals surface area contributed by atoms with E-state index < -0.39 is 24.3 Å². The number of likely N-dealkylation sites (tertiary alicyclic amines) is 1. The normalized spacial score (nSPS) is 24.4. The van der Waals surface area contributed by atoms with Crippen molar-refractivity contribution in [2.45, 2.75) is 24.9 Å². The van der Waals surface area contributed by atoms with Gasteiger partial charge >= 0.3 is 24.3 Å². The number of fused-ring (bicyclic) bond motifs is 1. The monoisotopic (exact) mass is 561 g/mol. The fraction of sp³-hybridized carbons (Fsp3) is 0.682. The average molecular weight is 561 g/mol. The molecule has 4 rings (SSSR count). The molecule has 3 atom stereocenters. The van der Waals surface area contributed by atoms with Crippen LogP contribution in [0, 0.1) is 11.8 Å². The summed E-state index contributed by atoms with van der Waals surface area (Å²) in [6, 6.07) is 3.52. The fourth-order valence-electron chi connectivity index (χ4n) is 4.24. The number of hydrogen-bond acceptors (Lipinski definition) is 7. The van der Waals surface area contributed by atoms with Crippen molar-refractivity contribution >= 4 is 17.8 Å². The molecule has 0 radical (unpaired) electrons. The molecule has 0 aliphatic carbocycles. The highest BCUT2D eigenvalue weighted by atomic mass is 19.4. The van der Waals surface area contributed by atoms with Crippen LogP contribution in [0.25, 0.3) is 0 Å². The molecule has 0 saturated carbocycles. The van der Waals surface area contributed by atoms with Crippen LogP contribution in [0.2, 0.25) is 0 Å². The van der Waals surface area contributed by atoms with E-state index in [1.165, 1.54) is 0 Å². The number of nitrogens with zero attached hydrogens (tertiary/aromatic N) is 3. The minimum atomic E-state index is -5.08. The summed E-state index contributed by atoms with van der Waals surface area (Å²) in [5.41, 5.74) is 0. The number of piperazine rings is 1. The Bertz CT molecular complexity index is 894. The Hall–Kier alpha value is -2.85. The molecule has 38 heavy (non-hydrogen) atoms. The Labute approximate surface area is 213 Å². The zero-order valence-corrected chi connectivity index (χ0v) is 20.4. The topological polar surface area (TPSA) is 124 Å². The first-order valence-electron chi connectivity index (χ1n) is 11.5. The number of ether oxygens (including phenoxy) is 1. The molecule has 2 N–H and O–H groups in total. The van der Waals surface area contributed by atoms with Crippen LogP contribution in [0.3, 0.4) is 0 Å². The van der Waals surface area contributed by atoms with Crippen molar-refractivity contribution in [1.82, 2.24) is 14.7 Å². The highest BCUT2D eigenvalue weighted by Crippen LogP contribution is 2.35. The zero-order valence-electron chi connectivity index (χ0n) is 20.4. The summed E-state index contributed by atoms with van der Waals surface area (Å²) in [4.78, 5) is 37.2. The van der Waals surface area contributed by atoms with Crippen LogP contribution in [0.1, 0.15) is 17.0 Å². The van der Waals surface area contributed by atoms with Crippen LogP contribution in [-0.4, -0.2) is 121 Å². The summed E-state index contributed by atoms with van der Waals surface area (Å²) in [6.07, 6.45) is -7.31. The number of rotatable bonds is 3. The lowest BCUT2D eigenvalue weighted by molar-refractivity contribution is -0.193. The summed E-state index contributed by atoms with van der Waals surface area (Å²) in [5.74, 6) is -3.99. The van der Waals surface area contributed by atoms with Gasteiger partial charge in [0.15, 0.2) is 5.76 Å². The maximum Gasteiger partial charge on any atom is 0.490 e. The number of likely N-dealkylation sites (N-methyl/N-ethyl adjacent to an activating group) is 1. The molecular formula is C22H29F6N3O7. The molecule has 0 spiro atoms. The Morgan fingerprint density at radius 1 is 0.974 bits per heavy atom. The molecule has 16 heteroatoms. The molecule has 4 heterocycles. The van der Waals surface area contributed by atoms with E-state index in [0.29, 0.717) is 17.6 Å². The highest BCUT2D eigenvalue weighted by Gasteiger charge is 2.43. The van der Waals surface area contributed by atoms with Gasteiger partial charge in [0.1, 0.15) is 0 Å². The second kappa shape index (κ2) is 13.3. The molecule has 1 aromatic rings. The van der Waals surface area contributed by atoms with E-state index in [9.17, 15) is 31.1 Å². The third-order valence-electron chi connectivity index (χ3n) is 6.35. The lowest BCUT2D eigenvalue weighted by Gasteiger charge is -2.38. The molecular weight excluding hydrogens is 532 g/mol. The standard InChI is InChI=1S/C18H27N3O3.2C2HF3O2/c1-19-6-8-20(9-7-19)12-17-15-11-21(5-4-14(15)13-24-17)18(22)16-3-2-10-23-16;2*3-2(4,5)1(6)7/h2-3,10,14-15,17H,4-9,11-13H2,1H3;2*(H,6,7)/t14-,15-,17+;;/m0../s1. The van der Waals surface area contributed by atoms with Crippen molar-refractivity contribution in [3.63, 3.8) is 0 Å². The van der Waals surface area contributed by atoms with E-state index in [1.807, 2.05) is 4.90 Å². The number of carbonyl (C=O) groups excluding carboxylic acids is 1. The van der Waals surface area contributed by atoms with Gasteiger partial charge < -0.3 is 29.2 Å². The molecule has 0 unspecified atom stereocenters. The number of piperidine rings is 1. The van der Waals surface area contributed by atoms with Crippen molar-refractivity contribution in [2.75, 3.05) is 59.5 Å². The van der Waals surface area contributed by atoms with Crippen LogP contribution in [0.15, 0.2) is 22.8 Å². The zero-order chi connectivity index (χ0) is 28.7. The predicted molar refractivity (Wildman–Crippen MR) is 117 cm³/mol. The Morgan fingerprint density at radius 2 is 1.53 bits per heavy atom. The van der Waals surface area contributed by atoms with Gasteiger partial charge in [-0.15, -0.1) is 0 Å². The number of halogens is 6. The number of carboxylic acids is 2. The summed E-state index contributed by atoms with van der Waals surface area (Å²) in [5, 5.41) is 14.2. The maximum atomic E-state index is 12.6. The van der Waals surface area contributed by atoms with E-state index >= 15 is 0 Å². The van der Waals surface area contributed by atoms with Crippen molar-refractivity contribution in [3.05, 3.63) is 24.2 Å². The Morgan fingerprint density at radius 3 is 2.00 bits per heavy atom. The number of hydrogen-bond donors (Lipinski definition) is 2. The first-order chi connectivity index (χ1) is 17.6. The summed E-state index contributed by atoms with van der Waals surface area (Å²) in [7, 11) is 2.18. The number of aliphatic carboxylic acids is 2. The third-order valence-corrected chi connectivity index (χ3v) is 6.35. The van der Waals surface area contributed by atoms with Gasteiger partial charge in [-0.1, -0.05) is 0 Å². The molecule has 10 nitrogen and oxygen atoms in total. The van der Waals surface area contributed by atoms with Gasteiger partial charge in [-0.2, -0.15) is 26.3 Å². The minimum Gasteiger partial charge on any atom is -0.475 e. The van der Waals surface area contributed by atoms with Gasteiger partial charge in [0.25, 0.3) is 5.91 Å². The van der Waals surface area contributed by atoms with Crippen molar-refractivity contribution in [1.29, 1.82) is 0 Å². The number of alkyl halides is 6. The average Bonchev–Trinajstić information content (AvgIpc) is 3.50. The number of amides is 1. The van der Waals surface area contributed by atoms with E-state index in [2.05, 4.69) is 16.8 Å². The van der Waals surface area contributed by atoms with E-state index in [-0.39, 0.29) is 12.0 Å². The largest absolute Gasteiger partial charge is 0.490 e. The lowest BCUT2D eigenvalue weighted by atomic mass is 9.84. The molecule has 3 fully saturated rings. The first kappa shape index (κ1) is 31.4. The van der Waals surface area contributed by atoms with Gasteiger partial charge in [-0.3, -0.25) is 9.69 Å². The predicted octanol–water partition coefficient (Wildman–Crippen LogP) is 2.27. The molecule has 3 aliphatic rings. The summed E-state index contributed by atoms with van der Waals surface area (Å²) < 4.78 is 74.9. The SMILES string of the molecule is CN1CCN(C[C@H]2OC[C@@H]3CCN(C(=O)c4ccco4)C[C@@H]32)CC1.O=C(O)C(F)(F)F.O=C(O)C(F)(F)F. The molecule has 0 aromatic carbocycles. The molecule has 1 aromatic heterocycles. The lowest BCUT2D eigenvalue weighted by Crippen LogP contribution is -2.50.